The SMILES string of the molecule is N#CC(C#N)=Cc1cccc(COc2cccc(F)c2F)c1. The number of nitrogens with zero attached hydrogens (tertiary/aromatic N) is 2. The summed E-state index contributed by atoms with van der Waals surface area (Å²) >= 11 is 0. The van der Waals surface area contributed by atoms with Crippen LogP contribution in [-0.4, -0.2) is 0 Å². The molecule has 0 saturated heterocycles. The van der Waals surface area contributed by atoms with Crippen LogP contribution in [0, 0.1) is 34.3 Å². The average Bonchev–Trinajstić information content (AvgIpc) is 2.54. The van der Waals surface area contributed by atoms with E-state index in [1.54, 1.807) is 36.4 Å². The lowest BCUT2D eigenvalue weighted by molar-refractivity contribution is 0.284. The molecule has 0 heterocycles. The van der Waals surface area contributed by atoms with Gasteiger partial charge in [-0.2, -0.15) is 14.9 Å². The third-order valence-electron chi connectivity index (χ3n) is 2.81. The van der Waals surface area contributed by atoms with E-state index in [9.17, 15) is 8.78 Å². The minimum Gasteiger partial charge on any atom is -0.486 e. The minimum atomic E-state index is -1.03. The molecule has 0 radical (unpaired) electrons. The molecule has 0 N–H and O–H groups in total. The number of hydrogen-bond acceptors (Lipinski definition) is 3. The van der Waals surface area contributed by atoms with Crippen molar-refractivity contribution in [1.82, 2.24) is 0 Å². The van der Waals surface area contributed by atoms with Crippen molar-refractivity contribution in [2.45, 2.75) is 6.61 Å². The first-order valence-corrected chi connectivity index (χ1v) is 6.31. The number of nitriles is 2. The molecule has 0 aromatic heterocycles. The molecule has 0 fully saturated rings. The summed E-state index contributed by atoms with van der Waals surface area (Å²) in [6, 6.07) is 14.1. The van der Waals surface area contributed by atoms with E-state index in [0.717, 1.165) is 6.07 Å². The lowest BCUT2D eigenvalue weighted by Crippen LogP contribution is -1.99. The van der Waals surface area contributed by atoms with E-state index in [2.05, 4.69) is 0 Å². The van der Waals surface area contributed by atoms with Crippen molar-refractivity contribution in [1.29, 1.82) is 10.5 Å². The van der Waals surface area contributed by atoms with Crippen LogP contribution in [0.5, 0.6) is 5.75 Å². The van der Waals surface area contributed by atoms with Gasteiger partial charge in [-0.1, -0.05) is 24.3 Å². The molecule has 5 heteroatoms. The van der Waals surface area contributed by atoms with E-state index in [0.29, 0.717) is 11.1 Å². The summed E-state index contributed by atoms with van der Waals surface area (Å²) in [7, 11) is 0. The molecule has 0 aliphatic carbocycles. The van der Waals surface area contributed by atoms with Crippen LogP contribution in [0.25, 0.3) is 6.08 Å². The molecular formula is C17H10F2N2O. The summed E-state index contributed by atoms with van der Waals surface area (Å²) in [5.74, 6) is -2.17. The first-order chi connectivity index (χ1) is 10.6. The van der Waals surface area contributed by atoms with Crippen LogP contribution in [0.4, 0.5) is 8.78 Å². The van der Waals surface area contributed by atoms with Gasteiger partial charge >= 0.3 is 0 Å². The highest BCUT2D eigenvalue weighted by atomic mass is 19.2. The van der Waals surface area contributed by atoms with Gasteiger partial charge in [0.15, 0.2) is 11.6 Å². The molecule has 108 valence electrons. The molecule has 0 aliphatic rings. The van der Waals surface area contributed by atoms with E-state index in [1.165, 1.54) is 18.2 Å². The molecule has 0 unspecified atom stereocenters. The molecule has 2 rings (SSSR count). The van der Waals surface area contributed by atoms with Crippen LogP contribution >= 0.6 is 0 Å². The fourth-order valence-electron chi connectivity index (χ4n) is 1.79. The van der Waals surface area contributed by atoms with Crippen LogP contribution in [0.1, 0.15) is 11.1 Å². The third-order valence-corrected chi connectivity index (χ3v) is 2.81. The predicted molar refractivity (Wildman–Crippen MR) is 76.3 cm³/mol. The monoisotopic (exact) mass is 296 g/mol. The van der Waals surface area contributed by atoms with Crippen LogP contribution in [0.2, 0.25) is 0 Å². The largest absolute Gasteiger partial charge is 0.486 e. The summed E-state index contributed by atoms with van der Waals surface area (Å²) in [5.41, 5.74) is 1.33. The third kappa shape index (κ3) is 3.68. The Hall–Kier alpha value is -3.18. The molecule has 0 saturated carbocycles. The number of halogens is 2. The van der Waals surface area contributed by atoms with E-state index >= 15 is 0 Å². The Balaban J connectivity index is 2.15. The van der Waals surface area contributed by atoms with Gasteiger partial charge in [0.2, 0.25) is 5.82 Å². The normalized spacial score (nSPS) is 9.45. The Morgan fingerprint density at radius 1 is 1.09 bits per heavy atom. The number of benzene rings is 2. The van der Waals surface area contributed by atoms with Crippen molar-refractivity contribution in [3.63, 3.8) is 0 Å². The summed E-state index contributed by atoms with van der Waals surface area (Å²) in [5, 5.41) is 17.4. The molecule has 0 spiro atoms. The first-order valence-electron chi connectivity index (χ1n) is 6.31. The zero-order valence-corrected chi connectivity index (χ0v) is 11.4. The highest BCUT2D eigenvalue weighted by Gasteiger charge is 2.08. The van der Waals surface area contributed by atoms with Gasteiger partial charge < -0.3 is 4.74 Å². The first kappa shape index (κ1) is 15.2. The van der Waals surface area contributed by atoms with E-state index < -0.39 is 11.6 Å². The topological polar surface area (TPSA) is 56.8 Å². The Labute approximate surface area is 126 Å². The van der Waals surface area contributed by atoms with Crippen LogP contribution in [-0.2, 0) is 6.61 Å². The van der Waals surface area contributed by atoms with Gasteiger partial charge in [0.05, 0.1) is 0 Å². The highest BCUT2D eigenvalue weighted by Crippen LogP contribution is 2.20. The van der Waals surface area contributed by atoms with Crippen LogP contribution < -0.4 is 4.74 Å². The summed E-state index contributed by atoms with van der Waals surface area (Å²) in [4.78, 5) is 0. The summed E-state index contributed by atoms with van der Waals surface area (Å²) in [6.45, 7) is 0.0382. The lowest BCUT2D eigenvalue weighted by Gasteiger charge is -2.08. The van der Waals surface area contributed by atoms with Crippen molar-refractivity contribution in [3.05, 3.63) is 70.8 Å². The molecule has 22 heavy (non-hydrogen) atoms. The molecule has 0 bridgehead atoms. The number of hydrogen-bond donors (Lipinski definition) is 0. The van der Waals surface area contributed by atoms with Gasteiger partial charge in [0, 0.05) is 0 Å². The fraction of sp³-hybridized carbons (Fsp3) is 0.0588. The van der Waals surface area contributed by atoms with Crippen molar-refractivity contribution >= 4 is 6.08 Å². The lowest BCUT2D eigenvalue weighted by atomic mass is 10.1. The molecule has 0 atom stereocenters. The van der Waals surface area contributed by atoms with Gasteiger partial charge in [-0.05, 0) is 35.4 Å². The van der Waals surface area contributed by atoms with Crippen molar-refractivity contribution in [2.75, 3.05) is 0 Å². The van der Waals surface area contributed by atoms with Crippen LogP contribution in [0.15, 0.2) is 48.0 Å². The number of ether oxygens (including phenoxy) is 1. The zero-order valence-electron chi connectivity index (χ0n) is 11.4. The zero-order chi connectivity index (χ0) is 15.9. The minimum absolute atomic E-state index is 0.0192. The Morgan fingerprint density at radius 2 is 1.82 bits per heavy atom. The Morgan fingerprint density at radius 3 is 2.55 bits per heavy atom. The van der Waals surface area contributed by atoms with Crippen molar-refractivity contribution < 1.29 is 13.5 Å². The summed E-state index contributed by atoms with van der Waals surface area (Å²) < 4.78 is 31.8. The van der Waals surface area contributed by atoms with Gasteiger partial charge in [-0.25, -0.2) is 4.39 Å². The fourth-order valence-corrected chi connectivity index (χ4v) is 1.79. The van der Waals surface area contributed by atoms with Crippen LogP contribution in [0.3, 0.4) is 0 Å². The van der Waals surface area contributed by atoms with E-state index in [-0.39, 0.29) is 17.9 Å². The highest BCUT2D eigenvalue weighted by molar-refractivity contribution is 5.62. The average molecular weight is 296 g/mol. The van der Waals surface area contributed by atoms with Gasteiger partial charge in [0.25, 0.3) is 0 Å². The van der Waals surface area contributed by atoms with Crippen molar-refractivity contribution in [3.8, 4) is 17.9 Å². The molecule has 0 aliphatic heterocycles. The Kier molecular flexibility index (Phi) is 4.85. The second-order valence-corrected chi connectivity index (χ2v) is 4.37. The maximum Gasteiger partial charge on any atom is 0.200 e. The number of allylic oxidation sites excluding steroid dienone is 1. The molecule has 2 aromatic rings. The Bertz CT molecular complexity index is 785. The van der Waals surface area contributed by atoms with E-state index in [4.69, 9.17) is 15.3 Å². The van der Waals surface area contributed by atoms with Gasteiger partial charge in [-0.3, -0.25) is 0 Å². The number of rotatable bonds is 4. The maximum absolute atomic E-state index is 13.5. The second kappa shape index (κ2) is 7.01. The maximum atomic E-state index is 13.5. The van der Waals surface area contributed by atoms with Gasteiger partial charge in [0.1, 0.15) is 24.3 Å². The molecule has 2 aromatic carbocycles. The molecule has 0 amide bonds. The summed E-state index contributed by atoms with van der Waals surface area (Å²) in [6.07, 6.45) is 1.44. The predicted octanol–water partition coefficient (Wildman–Crippen LogP) is 3.97. The van der Waals surface area contributed by atoms with Crippen molar-refractivity contribution in [2.24, 2.45) is 0 Å². The smallest absolute Gasteiger partial charge is 0.200 e. The second-order valence-electron chi connectivity index (χ2n) is 4.37. The van der Waals surface area contributed by atoms with E-state index in [1.807, 2.05) is 0 Å². The quantitative estimate of drug-likeness (QED) is 0.802. The molecule has 3 nitrogen and oxygen atoms in total. The van der Waals surface area contributed by atoms with Gasteiger partial charge in [-0.15, -0.1) is 0 Å². The standard InChI is InChI=1S/C17H10F2N2O/c18-15-5-2-6-16(17(15)19)22-11-13-4-1-3-12(7-13)8-14(9-20)10-21/h1-8H,11H2. The molecular weight excluding hydrogens is 286 g/mol.